The molecule has 0 saturated heterocycles. The van der Waals surface area contributed by atoms with Crippen molar-refractivity contribution < 1.29 is 31.6 Å². The van der Waals surface area contributed by atoms with E-state index in [1.807, 2.05) is 42.5 Å². The van der Waals surface area contributed by atoms with Gasteiger partial charge in [-0.1, -0.05) is 13.2 Å². The van der Waals surface area contributed by atoms with Crippen LogP contribution in [0.2, 0.25) is 0 Å². The van der Waals surface area contributed by atoms with Crippen molar-refractivity contribution in [3.05, 3.63) is 61.2 Å². The first-order chi connectivity index (χ1) is 12.1. The molecule has 26 heavy (non-hydrogen) atoms. The van der Waals surface area contributed by atoms with Crippen molar-refractivity contribution in [1.29, 1.82) is 0 Å². The zero-order valence-electron chi connectivity index (χ0n) is 15.4. The molecule has 2 rings (SSSR count). The Hall–Kier alpha value is -2.30. The first-order valence-corrected chi connectivity index (χ1v) is 8.37. The number of rotatable bonds is 10. The van der Waals surface area contributed by atoms with Gasteiger partial charge in [0.05, 0.1) is 40.3 Å². The summed E-state index contributed by atoms with van der Waals surface area (Å²) >= 11 is 0. The van der Waals surface area contributed by atoms with E-state index in [0.717, 1.165) is 47.5 Å². The number of nitrogens with one attached hydrogen (secondary N) is 1. The van der Waals surface area contributed by atoms with Crippen molar-refractivity contribution in [1.82, 2.24) is 0 Å². The van der Waals surface area contributed by atoms with Crippen molar-refractivity contribution in [2.24, 2.45) is 0 Å². The molecule has 0 radical (unpaired) electrons. The number of ketones is 1. The number of halogens is 1. The molecule has 140 valence electrons. The van der Waals surface area contributed by atoms with Gasteiger partial charge in [-0.25, -0.2) is 0 Å². The Labute approximate surface area is 161 Å². The second kappa shape index (κ2) is 10.6. The average Bonchev–Trinajstić information content (AvgIpc) is 2.64. The van der Waals surface area contributed by atoms with E-state index in [1.165, 1.54) is 4.90 Å². The second-order valence-electron chi connectivity index (χ2n) is 5.89. The van der Waals surface area contributed by atoms with Gasteiger partial charge in [0.1, 0.15) is 11.5 Å². The van der Waals surface area contributed by atoms with Crippen LogP contribution in [-0.2, 0) is 0 Å². The lowest BCUT2D eigenvalue weighted by molar-refractivity contribution is -0.887. The van der Waals surface area contributed by atoms with Gasteiger partial charge in [-0.05, 0) is 47.9 Å². The Balaban J connectivity index is 0.00000338. The summed E-state index contributed by atoms with van der Waals surface area (Å²) in [5, 5.41) is 1.77. The molecule has 4 nitrogen and oxygen atoms in total. The summed E-state index contributed by atoms with van der Waals surface area (Å²) in [5.41, 5.74) is 0.718. The van der Waals surface area contributed by atoms with Gasteiger partial charge in [0.2, 0.25) is 0 Å². The largest absolute Gasteiger partial charge is 1.00 e. The highest BCUT2D eigenvalue weighted by Gasteiger charge is 2.16. The van der Waals surface area contributed by atoms with Crippen LogP contribution in [0.15, 0.2) is 55.6 Å². The molecule has 0 aliphatic heterocycles. The molecular weight excluding hydrogens is 350 g/mol. The maximum absolute atomic E-state index is 12.8. The lowest BCUT2D eigenvalue weighted by Gasteiger charge is -2.16. The van der Waals surface area contributed by atoms with E-state index in [2.05, 4.69) is 13.2 Å². The number of Topliss-reactive ketones (excluding diaryl/α,β-unsaturated/α-hetero) is 1. The van der Waals surface area contributed by atoms with Gasteiger partial charge >= 0.3 is 0 Å². The first-order valence-electron chi connectivity index (χ1n) is 8.37. The minimum Gasteiger partial charge on any atom is -1.00 e. The highest BCUT2D eigenvalue weighted by molar-refractivity contribution is 6.09. The standard InChI is InChI=1S/C21H25NO3.ClH/c1-5-12-22(13-6-2)14-11-20(23)18-9-10-21(25-4)19-15-16(24-3)7-8-17(18)19;/h5-10,15H,1-2,11-14H2,3-4H3;1H. The van der Waals surface area contributed by atoms with Gasteiger partial charge in [-0.3, -0.25) is 4.79 Å². The number of hydrogen-bond donors (Lipinski definition) is 1. The van der Waals surface area contributed by atoms with Crippen LogP contribution >= 0.6 is 0 Å². The molecule has 0 heterocycles. The molecule has 0 unspecified atom stereocenters. The average molecular weight is 376 g/mol. The minimum atomic E-state index is 0. The number of carbonyl (C=O) groups excluding carboxylic acids is 1. The van der Waals surface area contributed by atoms with Crippen molar-refractivity contribution in [3.8, 4) is 11.5 Å². The quantitative estimate of drug-likeness (QED) is 0.457. The molecule has 0 aromatic heterocycles. The molecule has 0 aliphatic rings. The van der Waals surface area contributed by atoms with Gasteiger partial charge in [-0.15, -0.1) is 0 Å². The number of methoxy groups -OCH3 is 2. The predicted molar refractivity (Wildman–Crippen MR) is 102 cm³/mol. The van der Waals surface area contributed by atoms with Gasteiger partial charge in [-0.2, -0.15) is 0 Å². The van der Waals surface area contributed by atoms with Crippen molar-refractivity contribution in [2.75, 3.05) is 33.9 Å². The molecule has 0 spiro atoms. The third kappa shape index (κ3) is 5.10. The summed E-state index contributed by atoms with van der Waals surface area (Å²) in [6.07, 6.45) is 4.22. The number of quaternary nitrogens is 1. The van der Waals surface area contributed by atoms with Crippen LogP contribution in [0, 0.1) is 0 Å². The fourth-order valence-electron chi connectivity index (χ4n) is 2.97. The molecular formula is C21H26ClNO3. The predicted octanol–water partition coefficient (Wildman–Crippen LogP) is -0.309. The van der Waals surface area contributed by atoms with E-state index in [0.29, 0.717) is 6.42 Å². The summed E-state index contributed by atoms with van der Waals surface area (Å²) in [5.74, 6) is 1.60. The Morgan fingerprint density at radius 1 is 1.04 bits per heavy atom. The van der Waals surface area contributed by atoms with E-state index >= 15 is 0 Å². The Morgan fingerprint density at radius 3 is 2.31 bits per heavy atom. The smallest absolute Gasteiger partial charge is 0.169 e. The van der Waals surface area contributed by atoms with Gasteiger partial charge < -0.3 is 26.8 Å². The highest BCUT2D eigenvalue weighted by Crippen LogP contribution is 2.32. The van der Waals surface area contributed by atoms with Crippen LogP contribution in [0.3, 0.4) is 0 Å². The molecule has 0 aliphatic carbocycles. The van der Waals surface area contributed by atoms with Gasteiger partial charge in [0.15, 0.2) is 5.78 Å². The molecule has 0 fully saturated rings. The van der Waals surface area contributed by atoms with Crippen LogP contribution < -0.4 is 26.8 Å². The molecule has 2 aromatic carbocycles. The zero-order chi connectivity index (χ0) is 18.2. The summed E-state index contributed by atoms with van der Waals surface area (Å²) in [4.78, 5) is 14.1. The molecule has 0 atom stereocenters. The van der Waals surface area contributed by atoms with Crippen LogP contribution in [0.25, 0.3) is 10.8 Å². The maximum Gasteiger partial charge on any atom is 0.169 e. The molecule has 0 bridgehead atoms. The van der Waals surface area contributed by atoms with Gasteiger partial charge in [0.25, 0.3) is 0 Å². The SMILES string of the molecule is C=CC[NH+](CC=C)CCC(=O)c1ccc(OC)c2cc(OC)ccc12.[Cl-]. The van der Waals surface area contributed by atoms with E-state index in [-0.39, 0.29) is 18.2 Å². The molecule has 0 saturated carbocycles. The number of ether oxygens (including phenoxy) is 2. The highest BCUT2D eigenvalue weighted by atomic mass is 35.5. The van der Waals surface area contributed by atoms with E-state index < -0.39 is 0 Å². The third-order valence-electron chi connectivity index (χ3n) is 4.28. The Morgan fingerprint density at radius 2 is 1.73 bits per heavy atom. The fraction of sp³-hybridized carbons (Fsp3) is 0.286. The van der Waals surface area contributed by atoms with Gasteiger partial charge in [0, 0.05) is 10.9 Å². The van der Waals surface area contributed by atoms with Crippen LogP contribution in [-0.4, -0.2) is 39.6 Å². The van der Waals surface area contributed by atoms with Crippen LogP contribution in [0.5, 0.6) is 11.5 Å². The minimum absolute atomic E-state index is 0. The normalized spacial score (nSPS) is 10.3. The number of fused-ring (bicyclic) bond motifs is 1. The first kappa shape index (κ1) is 21.7. The molecule has 5 heteroatoms. The van der Waals surface area contributed by atoms with E-state index in [4.69, 9.17) is 9.47 Å². The summed E-state index contributed by atoms with van der Waals surface area (Å²) in [7, 11) is 3.25. The summed E-state index contributed by atoms with van der Waals surface area (Å²) in [6.45, 7) is 9.95. The number of carbonyl (C=O) groups is 1. The maximum atomic E-state index is 12.8. The van der Waals surface area contributed by atoms with Crippen molar-refractivity contribution in [3.63, 3.8) is 0 Å². The molecule has 2 aromatic rings. The Bertz CT molecular complexity index is 763. The van der Waals surface area contributed by atoms with Crippen LogP contribution in [0.4, 0.5) is 0 Å². The topological polar surface area (TPSA) is 40.0 Å². The number of benzene rings is 2. The zero-order valence-corrected chi connectivity index (χ0v) is 16.1. The summed E-state index contributed by atoms with van der Waals surface area (Å²) in [6, 6.07) is 9.37. The van der Waals surface area contributed by atoms with E-state index in [1.54, 1.807) is 14.2 Å². The van der Waals surface area contributed by atoms with Crippen molar-refractivity contribution in [2.45, 2.75) is 6.42 Å². The molecule has 0 amide bonds. The van der Waals surface area contributed by atoms with Crippen molar-refractivity contribution >= 4 is 16.6 Å². The molecule has 1 N–H and O–H groups in total. The lowest BCUT2D eigenvalue weighted by Crippen LogP contribution is -3.11. The fourth-order valence-corrected chi connectivity index (χ4v) is 2.97. The second-order valence-corrected chi connectivity index (χ2v) is 5.89. The monoisotopic (exact) mass is 375 g/mol. The van der Waals surface area contributed by atoms with Crippen LogP contribution in [0.1, 0.15) is 16.8 Å². The third-order valence-corrected chi connectivity index (χ3v) is 4.28. The van der Waals surface area contributed by atoms with E-state index in [9.17, 15) is 4.79 Å². The number of hydrogen-bond acceptors (Lipinski definition) is 3. The lowest BCUT2D eigenvalue weighted by atomic mass is 9.98. The Kier molecular flexibility index (Phi) is 8.90. The summed E-state index contributed by atoms with van der Waals surface area (Å²) < 4.78 is 10.7.